The van der Waals surface area contributed by atoms with Gasteiger partial charge in [-0.3, -0.25) is 4.79 Å². The third-order valence-corrected chi connectivity index (χ3v) is 4.38. The molecule has 2 rings (SSSR count). The van der Waals surface area contributed by atoms with Crippen LogP contribution in [0.2, 0.25) is 0 Å². The first-order chi connectivity index (χ1) is 6.68. The van der Waals surface area contributed by atoms with Crippen LogP contribution in [0.25, 0.3) is 0 Å². The second kappa shape index (κ2) is 3.96. The van der Waals surface area contributed by atoms with Crippen LogP contribution < -0.4 is 0 Å². The molecule has 14 heavy (non-hydrogen) atoms. The Morgan fingerprint density at radius 1 is 1.36 bits per heavy atom. The van der Waals surface area contributed by atoms with Gasteiger partial charge in [0, 0.05) is 10.9 Å². The smallest absolute Gasteiger partial charge is 0.204 e. The molecule has 1 nitrogen and oxygen atoms in total. The summed E-state index contributed by atoms with van der Waals surface area (Å²) in [7, 11) is 0. The number of hydrogen-bond acceptors (Lipinski definition) is 3. The summed E-state index contributed by atoms with van der Waals surface area (Å²) in [6.45, 7) is 1.96. The fourth-order valence-electron chi connectivity index (χ4n) is 1.16. The molecule has 0 bridgehead atoms. The van der Waals surface area contributed by atoms with Crippen molar-refractivity contribution in [2.75, 3.05) is 0 Å². The van der Waals surface area contributed by atoms with E-state index >= 15 is 0 Å². The van der Waals surface area contributed by atoms with Gasteiger partial charge in [0.1, 0.15) is 0 Å². The summed E-state index contributed by atoms with van der Waals surface area (Å²) in [5.74, 6) is 0.124. The zero-order valence-corrected chi connectivity index (χ0v) is 10.6. The van der Waals surface area contributed by atoms with Gasteiger partial charge in [0.05, 0.1) is 8.66 Å². The molecule has 0 aliphatic rings. The van der Waals surface area contributed by atoms with Crippen molar-refractivity contribution in [3.8, 4) is 0 Å². The molecule has 2 aromatic heterocycles. The maximum atomic E-state index is 11.9. The first-order valence-corrected chi connectivity index (χ1v) is 6.56. The van der Waals surface area contributed by atoms with Gasteiger partial charge in [-0.2, -0.15) is 11.3 Å². The van der Waals surface area contributed by atoms with Crippen molar-refractivity contribution in [2.24, 2.45) is 0 Å². The van der Waals surface area contributed by atoms with E-state index in [1.165, 1.54) is 11.3 Å². The summed E-state index contributed by atoms with van der Waals surface area (Å²) < 4.78 is 0.994. The molecule has 0 N–H and O–H groups in total. The van der Waals surface area contributed by atoms with Crippen LogP contribution in [0.5, 0.6) is 0 Å². The number of halogens is 1. The number of thiophene rings is 2. The molecule has 2 heterocycles. The normalized spacial score (nSPS) is 10.4. The highest BCUT2D eigenvalue weighted by atomic mass is 79.9. The van der Waals surface area contributed by atoms with Crippen molar-refractivity contribution in [3.05, 3.63) is 42.7 Å². The highest BCUT2D eigenvalue weighted by Gasteiger charge is 2.13. The Morgan fingerprint density at radius 2 is 2.14 bits per heavy atom. The van der Waals surface area contributed by atoms with E-state index in [1.807, 2.05) is 29.8 Å². The van der Waals surface area contributed by atoms with Gasteiger partial charge >= 0.3 is 0 Å². The monoisotopic (exact) mass is 286 g/mol. The highest BCUT2D eigenvalue weighted by Crippen LogP contribution is 2.26. The Kier molecular flexibility index (Phi) is 2.85. The van der Waals surface area contributed by atoms with Gasteiger partial charge in [0.15, 0.2) is 0 Å². The summed E-state index contributed by atoms with van der Waals surface area (Å²) in [5.41, 5.74) is 1.88. The SMILES string of the molecule is Cc1cscc1C(=O)c1ccc(Br)s1. The van der Waals surface area contributed by atoms with E-state index in [9.17, 15) is 4.79 Å². The van der Waals surface area contributed by atoms with E-state index < -0.39 is 0 Å². The number of rotatable bonds is 2. The molecule has 4 heteroatoms. The van der Waals surface area contributed by atoms with Crippen molar-refractivity contribution in [1.29, 1.82) is 0 Å². The lowest BCUT2D eigenvalue weighted by Crippen LogP contribution is -1.97. The molecule has 0 saturated heterocycles. The minimum atomic E-state index is 0.124. The molecule has 0 fully saturated rings. The van der Waals surface area contributed by atoms with Gasteiger partial charge in [-0.15, -0.1) is 11.3 Å². The van der Waals surface area contributed by atoms with Crippen molar-refractivity contribution in [1.82, 2.24) is 0 Å². The third kappa shape index (κ3) is 1.82. The molecule has 0 aliphatic heterocycles. The molecule has 0 saturated carbocycles. The van der Waals surface area contributed by atoms with Crippen LogP contribution >= 0.6 is 38.6 Å². The number of carbonyl (C=O) groups is 1. The summed E-state index contributed by atoms with van der Waals surface area (Å²) in [4.78, 5) is 12.7. The predicted molar refractivity (Wildman–Crippen MR) is 64.5 cm³/mol. The third-order valence-electron chi connectivity index (χ3n) is 1.90. The van der Waals surface area contributed by atoms with E-state index in [4.69, 9.17) is 0 Å². The molecule has 2 aromatic rings. The number of aryl methyl sites for hydroxylation is 1. The second-order valence-electron chi connectivity index (χ2n) is 2.90. The van der Waals surface area contributed by atoms with Crippen molar-refractivity contribution in [2.45, 2.75) is 6.92 Å². The van der Waals surface area contributed by atoms with Gasteiger partial charge in [0.25, 0.3) is 0 Å². The van der Waals surface area contributed by atoms with Gasteiger partial charge in [-0.25, -0.2) is 0 Å². The molecule has 0 spiro atoms. The quantitative estimate of drug-likeness (QED) is 0.760. The molecule has 0 radical (unpaired) electrons. The van der Waals surface area contributed by atoms with Gasteiger partial charge in [-0.1, -0.05) is 0 Å². The van der Waals surface area contributed by atoms with Crippen LogP contribution in [0.15, 0.2) is 26.7 Å². The average Bonchev–Trinajstić information content (AvgIpc) is 2.73. The molecule has 0 amide bonds. The van der Waals surface area contributed by atoms with Crippen LogP contribution in [0, 0.1) is 6.92 Å². The van der Waals surface area contributed by atoms with E-state index in [2.05, 4.69) is 15.9 Å². The minimum Gasteiger partial charge on any atom is -0.288 e. The van der Waals surface area contributed by atoms with Crippen LogP contribution in [-0.2, 0) is 0 Å². The standard InChI is InChI=1S/C10H7BrOS2/c1-6-4-13-5-7(6)10(12)8-2-3-9(11)14-8/h2-5H,1H3. The first-order valence-electron chi connectivity index (χ1n) is 4.01. The Bertz CT molecular complexity index is 470. The lowest BCUT2D eigenvalue weighted by Gasteiger charge is -1.94. The van der Waals surface area contributed by atoms with E-state index in [0.29, 0.717) is 0 Å². The van der Waals surface area contributed by atoms with Gasteiger partial charge in [0.2, 0.25) is 5.78 Å². The summed E-state index contributed by atoms with van der Waals surface area (Å²) in [6, 6.07) is 3.76. The van der Waals surface area contributed by atoms with E-state index in [-0.39, 0.29) is 5.78 Å². The maximum Gasteiger partial charge on any atom is 0.204 e. The fraction of sp³-hybridized carbons (Fsp3) is 0.100. The zero-order chi connectivity index (χ0) is 10.1. The van der Waals surface area contributed by atoms with Crippen LogP contribution in [-0.4, -0.2) is 5.78 Å². The topological polar surface area (TPSA) is 17.1 Å². The predicted octanol–water partition coefficient (Wildman–Crippen LogP) is 4.11. The molecule has 0 atom stereocenters. The van der Waals surface area contributed by atoms with Crippen molar-refractivity contribution < 1.29 is 4.79 Å². The maximum absolute atomic E-state index is 11.9. The Labute approximate surface area is 98.5 Å². The number of hydrogen-bond donors (Lipinski definition) is 0. The lowest BCUT2D eigenvalue weighted by molar-refractivity contribution is 0.104. The lowest BCUT2D eigenvalue weighted by atomic mass is 10.1. The van der Waals surface area contributed by atoms with Crippen LogP contribution in [0.3, 0.4) is 0 Å². The highest BCUT2D eigenvalue weighted by molar-refractivity contribution is 9.11. The zero-order valence-electron chi connectivity index (χ0n) is 7.41. The summed E-state index contributed by atoms with van der Waals surface area (Å²) in [6.07, 6.45) is 0. The fourth-order valence-corrected chi connectivity index (χ4v) is 3.33. The molecule has 0 unspecified atom stereocenters. The van der Waals surface area contributed by atoms with Gasteiger partial charge in [-0.05, 0) is 45.9 Å². The second-order valence-corrected chi connectivity index (χ2v) is 6.11. The molecule has 72 valence electrons. The summed E-state index contributed by atoms with van der Waals surface area (Å²) in [5, 5.41) is 3.90. The first kappa shape index (κ1) is 10.1. The average molecular weight is 287 g/mol. The number of ketones is 1. The van der Waals surface area contributed by atoms with Crippen LogP contribution in [0.1, 0.15) is 20.8 Å². The Balaban J connectivity index is 2.38. The number of carbonyl (C=O) groups excluding carboxylic acids is 1. The molecular weight excluding hydrogens is 280 g/mol. The van der Waals surface area contributed by atoms with E-state index in [1.54, 1.807) is 11.3 Å². The Morgan fingerprint density at radius 3 is 2.64 bits per heavy atom. The van der Waals surface area contributed by atoms with Crippen molar-refractivity contribution >= 4 is 44.4 Å². The largest absolute Gasteiger partial charge is 0.288 e. The molecule has 0 aromatic carbocycles. The Hall–Kier alpha value is -0.450. The molecule has 0 aliphatic carbocycles. The van der Waals surface area contributed by atoms with E-state index in [0.717, 1.165) is 19.8 Å². The molecular formula is C10H7BrOS2. The minimum absolute atomic E-state index is 0.124. The van der Waals surface area contributed by atoms with Gasteiger partial charge < -0.3 is 0 Å². The van der Waals surface area contributed by atoms with Crippen LogP contribution in [0.4, 0.5) is 0 Å². The van der Waals surface area contributed by atoms with Crippen molar-refractivity contribution in [3.63, 3.8) is 0 Å². The summed E-state index contributed by atoms with van der Waals surface area (Å²) >= 11 is 6.39.